The second kappa shape index (κ2) is 8.09. The number of carbonyl (C=O) groups excluding carboxylic acids is 1. The van der Waals surface area contributed by atoms with Crippen LogP contribution in [-0.4, -0.2) is 55.5 Å². The lowest BCUT2D eigenvalue weighted by Crippen LogP contribution is -2.50. The molecule has 1 aromatic carbocycles. The molecule has 2 heterocycles. The average Bonchev–Trinajstić information content (AvgIpc) is 2.63. The fraction of sp³-hybridized carbons (Fsp3) is 0.650. The molecule has 0 saturated carbocycles. The molecule has 0 unspecified atom stereocenters. The molecule has 0 spiro atoms. The van der Waals surface area contributed by atoms with E-state index < -0.39 is 10.0 Å². The lowest BCUT2D eigenvalue weighted by atomic mass is 9.85. The summed E-state index contributed by atoms with van der Waals surface area (Å²) in [6, 6.07) is 8.24. The van der Waals surface area contributed by atoms with E-state index in [-0.39, 0.29) is 11.9 Å². The van der Waals surface area contributed by atoms with Crippen LogP contribution in [0.3, 0.4) is 0 Å². The molecule has 0 bridgehead atoms. The van der Waals surface area contributed by atoms with E-state index in [4.69, 9.17) is 0 Å². The lowest BCUT2D eigenvalue weighted by Gasteiger charge is -2.42. The van der Waals surface area contributed by atoms with Crippen LogP contribution in [-0.2, 0) is 21.2 Å². The molecule has 1 amide bonds. The van der Waals surface area contributed by atoms with Gasteiger partial charge in [0.2, 0.25) is 15.9 Å². The number of carbonyl (C=O) groups is 1. The first-order valence-electron chi connectivity index (χ1n) is 9.65. The minimum absolute atomic E-state index is 0.119. The number of rotatable bonds is 4. The molecule has 0 N–H and O–H groups in total. The topological polar surface area (TPSA) is 57.7 Å². The van der Waals surface area contributed by atoms with E-state index in [0.29, 0.717) is 18.9 Å². The molecule has 0 aliphatic carbocycles. The van der Waals surface area contributed by atoms with Gasteiger partial charge in [-0.05, 0) is 44.1 Å². The summed E-state index contributed by atoms with van der Waals surface area (Å²) in [5.74, 6) is 0.546. The fourth-order valence-corrected chi connectivity index (χ4v) is 5.57. The molecule has 144 valence electrons. The van der Waals surface area contributed by atoms with Gasteiger partial charge in [-0.2, -0.15) is 4.31 Å². The van der Waals surface area contributed by atoms with Crippen LogP contribution in [0.1, 0.15) is 43.2 Å². The van der Waals surface area contributed by atoms with Crippen molar-refractivity contribution in [1.29, 1.82) is 0 Å². The molecule has 3 rings (SSSR count). The Kier molecular flexibility index (Phi) is 6.03. The largest absolute Gasteiger partial charge is 0.342 e. The van der Waals surface area contributed by atoms with Gasteiger partial charge < -0.3 is 4.90 Å². The maximum absolute atomic E-state index is 12.6. The molecule has 1 aromatic rings. The van der Waals surface area contributed by atoms with E-state index in [0.717, 1.165) is 50.8 Å². The van der Waals surface area contributed by atoms with Crippen molar-refractivity contribution in [3.8, 4) is 0 Å². The predicted molar refractivity (Wildman–Crippen MR) is 103 cm³/mol. The number of piperidine rings is 2. The number of sulfonamides is 1. The van der Waals surface area contributed by atoms with Crippen molar-refractivity contribution in [1.82, 2.24) is 9.21 Å². The highest BCUT2D eigenvalue weighted by atomic mass is 32.2. The monoisotopic (exact) mass is 378 g/mol. The minimum Gasteiger partial charge on any atom is -0.342 e. The quantitative estimate of drug-likeness (QED) is 0.809. The normalized spacial score (nSPS) is 23.2. The summed E-state index contributed by atoms with van der Waals surface area (Å²) in [5, 5.41) is 0. The van der Waals surface area contributed by atoms with E-state index in [1.807, 2.05) is 36.1 Å². The molecule has 2 aliphatic rings. The maximum atomic E-state index is 12.6. The van der Waals surface area contributed by atoms with Gasteiger partial charge in [-0.1, -0.05) is 36.2 Å². The molecule has 0 aromatic heterocycles. The van der Waals surface area contributed by atoms with Crippen LogP contribution in [0.15, 0.2) is 24.3 Å². The summed E-state index contributed by atoms with van der Waals surface area (Å²) >= 11 is 0. The van der Waals surface area contributed by atoms with Crippen LogP contribution in [0.4, 0.5) is 0 Å². The summed E-state index contributed by atoms with van der Waals surface area (Å²) in [4.78, 5) is 14.5. The second-order valence-electron chi connectivity index (χ2n) is 7.82. The Morgan fingerprint density at radius 2 is 1.69 bits per heavy atom. The average molecular weight is 379 g/mol. The number of hydrogen-bond donors (Lipinski definition) is 0. The van der Waals surface area contributed by atoms with E-state index >= 15 is 0 Å². The Bertz CT molecular complexity index is 722. The van der Waals surface area contributed by atoms with Crippen molar-refractivity contribution >= 4 is 15.9 Å². The molecule has 5 nitrogen and oxygen atoms in total. The van der Waals surface area contributed by atoms with Crippen LogP contribution in [0.5, 0.6) is 0 Å². The van der Waals surface area contributed by atoms with E-state index in [1.54, 1.807) is 4.31 Å². The zero-order valence-electron chi connectivity index (χ0n) is 15.9. The van der Waals surface area contributed by atoms with Gasteiger partial charge in [-0.3, -0.25) is 4.79 Å². The van der Waals surface area contributed by atoms with Crippen LogP contribution in [0.25, 0.3) is 0 Å². The zero-order chi connectivity index (χ0) is 18.7. The van der Waals surface area contributed by atoms with Gasteiger partial charge in [0.25, 0.3) is 0 Å². The van der Waals surface area contributed by atoms with E-state index in [9.17, 15) is 13.2 Å². The van der Waals surface area contributed by atoms with Crippen molar-refractivity contribution in [3.63, 3.8) is 0 Å². The summed E-state index contributed by atoms with van der Waals surface area (Å²) in [7, 11) is -3.15. The highest BCUT2D eigenvalue weighted by Crippen LogP contribution is 2.32. The molecule has 0 radical (unpaired) electrons. The predicted octanol–water partition coefficient (Wildman–Crippen LogP) is 2.59. The van der Waals surface area contributed by atoms with Gasteiger partial charge >= 0.3 is 0 Å². The number of nitrogens with zero attached hydrogens (tertiary/aromatic N) is 2. The lowest BCUT2D eigenvalue weighted by molar-refractivity contribution is -0.132. The Morgan fingerprint density at radius 1 is 1.04 bits per heavy atom. The van der Waals surface area contributed by atoms with Crippen molar-refractivity contribution in [2.24, 2.45) is 5.92 Å². The van der Waals surface area contributed by atoms with Gasteiger partial charge in [-0.15, -0.1) is 0 Å². The van der Waals surface area contributed by atoms with Crippen molar-refractivity contribution in [2.45, 2.75) is 51.5 Å². The summed E-state index contributed by atoms with van der Waals surface area (Å²) < 4.78 is 25.9. The minimum atomic E-state index is -3.15. The SMILES string of the molecule is Cc1ccc(CC(=O)N2CCC([C@@H]3CCCCN3S(C)(=O)=O)CC2)cc1. The third kappa shape index (κ3) is 4.65. The molecule has 2 fully saturated rings. The highest BCUT2D eigenvalue weighted by molar-refractivity contribution is 7.88. The van der Waals surface area contributed by atoms with Gasteiger partial charge in [0, 0.05) is 25.7 Å². The maximum Gasteiger partial charge on any atom is 0.226 e. The highest BCUT2D eigenvalue weighted by Gasteiger charge is 2.37. The standard InChI is InChI=1S/C20H30N2O3S/c1-16-6-8-17(9-7-16)15-20(23)21-13-10-18(11-14-21)19-5-3-4-12-22(19)26(2,24)25/h6-9,18-19H,3-5,10-15H2,1-2H3/t19-/m0/s1. The van der Waals surface area contributed by atoms with Gasteiger partial charge in [-0.25, -0.2) is 8.42 Å². The van der Waals surface area contributed by atoms with Gasteiger partial charge in [0.1, 0.15) is 0 Å². The van der Waals surface area contributed by atoms with Crippen molar-refractivity contribution in [2.75, 3.05) is 25.9 Å². The number of aryl methyl sites for hydroxylation is 1. The van der Waals surface area contributed by atoms with Crippen LogP contribution < -0.4 is 0 Å². The molecular weight excluding hydrogens is 348 g/mol. The summed E-state index contributed by atoms with van der Waals surface area (Å²) in [6.07, 6.45) is 6.58. The smallest absolute Gasteiger partial charge is 0.226 e. The first-order chi connectivity index (χ1) is 12.3. The van der Waals surface area contributed by atoms with E-state index in [1.165, 1.54) is 11.8 Å². The molecule has 2 aliphatic heterocycles. The molecule has 6 heteroatoms. The third-order valence-electron chi connectivity index (χ3n) is 5.84. The van der Waals surface area contributed by atoms with Crippen LogP contribution in [0, 0.1) is 12.8 Å². The molecule has 2 saturated heterocycles. The van der Waals surface area contributed by atoms with E-state index in [2.05, 4.69) is 0 Å². The number of amides is 1. The Balaban J connectivity index is 1.56. The number of benzene rings is 1. The summed E-state index contributed by atoms with van der Waals surface area (Å²) in [6.45, 7) is 4.17. The fourth-order valence-electron chi connectivity index (χ4n) is 4.34. The van der Waals surface area contributed by atoms with Gasteiger partial charge in [0.05, 0.1) is 12.7 Å². The Labute approximate surface area is 157 Å². The van der Waals surface area contributed by atoms with Crippen molar-refractivity contribution < 1.29 is 13.2 Å². The van der Waals surface area contributed by atoms with Crippen molar-refractivity contribution in [3.05, 3.63) is 35.4 Å². The Hall–Kier alpha value is -1.40. The second-order valence-corrected chi connectivity index (χ2v) is 9.75. The van der Waals surface area contributed by atoms with Crippen LogP contribution >= 0.6 is 0 Å². The zero-order valence-corrected chi connectivity index (χ0v) is 16.7. The molecule has 26 heavy (non-hydrogen) atoms. The third-order valence-corrected chi connectivity index (χ3v) is 7.14. The summed E-state index contributed by atoms with van der Waals surface area (Å²) in [5.41, 5.74) is 2.25. The van der Waals surface area contributed by atoms with Crippen LogP contribution in [0.2, 0.25) is 0 Å². The van der Waals surface area contributed by atoms with Gasteiger partial charge in [0.15, 0.2) is 0 Å². The first kappa shape index (κ1) is 19.4. The Morgan fingerprint density at radius 3 is 2.31 bits per heavy atom. The molecular formula is C20H30N2O3S. The number of likely N-dealkylation sites (tertiary alicyclic amines) is 1. The molecule has 1 atom stereocenters. The first-order valence-corrected chi connectivity index (χ1v) is 11.5. The number of hydrogen-bond acceptors (Lipinski definition) is 3.